The second kappa shape index (κ2) is 5.56. The monoisotopic (exact) mass is 295 g/mol. The molecule has 1 atom stereocenters. The molecular formula is C13H14FN3O2S. The first kappa shape index (κ1) is 14.4. The molecule has 0 fully saturated rings. The molecule has 0 amide bonds. The number of nitrogens with one attached hydrogen (secondary N) is 1. The highest BCUT2D eigenvalue weighted by molar-refractivity contribution is 7.89. The van der Waals surface area contributed by atoms with Gasteiger partial charge in [-0.1, -0.05) is 12.1 Å². The van der Waals surface area contributed by atoms with Crippen LogP contribution in [0, 0.1) is 5.95 Å². The number of halogens is 1. The number of anilines is 1. The summed E-state index contributed by atoms with van der Waals surface area (Å²) in [6, 6.07) is 8.97. The molecule has 0 aliphatic carbocycles. The van der Waals surface area contributed by atoms with E-state index in [1.165, 1.54) is 24.4 Å². The SMILES string of the molecule is CC(Nc1ccc(F)nc1)c1cccc(S(N)(=O)=O)c1. The summed E-state index contributed by atoms with van der Waals surface area (Å²) in [7, 11) is -3.73. The van der Waals surface area contributed by atoms with E-state index in [9.17, 15) is 12.8 Å². The summed E-state index contributed by atoms with van der Waals surface area (Å²) in [5.74, 6) is -0.556. The molecule has 106 valence electrons. The summed E-state index contributed by atoms with van der Waals surface area (Å²) in [6.07, 6.45) is 1.37. The third-order valence-electron chi connectivity index (χ3n) is 2.80. The van der Waals surface area contributed by atoms with Gasteiger partial charge in [-0.05, 0) is 36.8 Å². The van der Waals surface area contributed by atoms with E-state index in [-0.39, 0.29) is 10.9 Å². The highest BCUT2D eigenvalue weighted by Crippen LogP contribution is 2.20. The van der Waals surface area contributed by atoms with Gasteiger partial charge in [0.1, 0.15) is 0 Å². The van der Waals surface area contributed by atoms with E-state index in [4.69, 9.17) is 5.14 Å². The second-order valence-electron chi connectivity index (χ2n) is 4.35. The summed E-state index contributed by atoms with van der Waals surface area (Å²) in [5, 5.41) is 8.19. The van der Waals surface area contributed by atoms with Crippen LogP contribution in [0.4, 0.5) is 10.1 Å². The van der Waals surface area contributed by atoms with E-state index in [0.717, 1.165) is 5.56 Å². The van der Waals surface area contributed by atoms with Crippen LogP contribution in [0.3, 0.4) is 0 Å². The fourth-order valence-electron chi connectivity index (χ4n) is 1.76. The molecule has 1 unspecified atom stereocenters. The van der Waals surface area contributed by atoms with Crippen molar-refractivity contribution >= 4 is 15.7 Å². The van der Waals surface area contributed by atoms with Crippen molar-refractivity contribution in [3.05, 3.63) is 54.1 Å². The van der Waals surface area contributed by atoms with Crippen LogP contribution in [0.2, 0.25) is 0 Å². The Hall–Kier alpha value is -1.99. The minimum Gasteiger partial charge on any atom is -0.377 e. The minimum atomic E-state index is -3.73. The summed E-state index contributed by atoms with van der Waals surface area (Å²) in [4.78, 5) is 3.59. The van der Waals surface area contributed by atoms with Crippen LogP contribution in [-0.4, -0.2) is 13.4 Å². The Morgan fingerprint density at radius 2 is 2.05 bits per heavy atom. The Kier molecular flexibility index (Phi) is 4.01. The van der Waals surface area contributed by atoms with Gasteiger partial charge in [-0.15, -0.1) is 0 Å². The summed E-state index contributed by atoms with van der Waals surface area (Å²) in [6.45, 7) is 1.85. The maximum Gasteiger partial charge on any atom is 0.238 e. The van der Waals surface area contributed by atoms with Crippen LogP contribution in [0.1, 0.15) is 18.5 Å². The number of rotatable bonds is 4. The number of nitrogens with two attached hydrogens (primary N) is 1. The number of primary sulfonamides is 1. The Bertz CT molecular complexity index is 702. The molecule has 3 N–H and O–H groups in total. The molecule has 2 aromatic rings. The highest BCUT2D eigenvalue weighted by atomic mass is 32.2. The molecule has 0 aliphatic rings. The van der Waals surface area contributed by atoms with Crippen LogP contribution >= 0.6 is 0 Å². The quantitative estimate of drug-likeness (QED) is 0.845. The Balaban J connectivity index is 2.21. The van der Waals surface area contributed by atoms with Gasteiger partial charge in [0.2, 0.25) is 16.0 Å². The third kappa shape index (κ3) is 3.52. The molecule has 5 nitrogen and oxygen atoms in total. The molecule has 0 saturated carbocycles. The maximum absolute atomic E-state index is 12.7. The van der Waals surface area contributed by atoms with Crippen LogP contribution in [0.5, 0.6) is 0 Å². The predicted octanol–water partition coefficient (Wildman–Crippen LogP) is 2.04. The molecule has 0 spiro atoms. The molecule has 0 radical (unpaired) electrons. The van der Waals surface area contributed by atoms with E-state index < -0.39 is 16.0 Å². The van der Waals surface area contributed by atoms with Crippen molar-refractivity contribution in [1.29, 1.82) is 0 Å². The lowest BCUT2D eigenvalue weighted by atomic mass is 10.1. The molecule has 7 heteroatoms. The first-order valence-corrected chi connectivity index (χ1v) is 7.42. The molecule has 1 aromatic carbocycles. The fraction of sp³-hybridized carbons (Fsp3) is 0.154. The molecule has 1 heterocycles. The number of sulfonamides is 1. The lowest BCUT2D eigenvalue weighted by Crippen LogP contribution is -2.13. The molecule has 20 heavy (non-hydrogen) atoms. The molecule has 0 saturated heterocycles. The smallest absolute Gasteiger partial charge is 0.238 e. The van der Waals surface area contributed by atoms with Gasteiger partial charge in [-0.3, -0.25) is 0 Å². The van der Waals surface area contributed by atoms with Gasteiger partial charge in [0, 0.05) is 6.04 Å². The number of benzene rings is 1. The third-order valence-corrected chi connectivity index (χ3v) is 3.71. The zero-order chi connectivity index (χ0) is 14.8. The standard InChI is InChI=1S/C13H14FN3O2S/c1-9(17-11-5-6-13(14)16-8-11)10-3-2-4-12(7-10)20(15,18)19/h2-9,17H,1H3,(H2,15,18,19). The van der Waals surface area contributed by atoms with Crippen LogP contribution < -0.4 is 10.5 Å². The maximum atomic E-state index is 12.7. The van der Waals surface area contributed by atoms with E-state index in [2.05, 4.69) is 10.3 Å². The van der Waals surface area contributed by atoms with Crippen molar-refractivity contribution in [2.45, 2.75) is 17.9 Å². The zero-order valence-electron chi connectivity index (χ0n) is 10.7. The van der Waals surface area contributed by atoms with Crippen molar-refractivity contribution in [2.75, 3.05) is 5.32 Å². The molecular weight excluding hydrogens is 281 g/mol. The highest BCUT2D eigenvalue weighted by Gasteiger charge is 2.11. The van der Waals surface area contributed by atoms with Crippen molar-refractivity contribution in [3.8, 4) is 0 Å². The molecule has 2 rings (SSSR count). The second-order valence-corrected chi connectivity index (χ2v) is 5.91. The van der Waals surface area contributed by atoms with E-state index in [0.29, 0.717) is 5.69 Å². The van der Waals surface area contributed by atoms with Crippen molar-refractivity contribution in [1.82, 2.24) is 4.98 Å². The number of nitrogens with zero attached hydrogens (tertiary/aromatic N) is 1. The summed E-state index contributed by atoms with van der Waals surface area (Å²) < 4.78 is 35.3. The van der Waals surface area contributed by atoms with Crippen LogP contribution in [-0.2, 0) is 10.0 Å². The fourth-order valence-corrected chi connectivity index (χ4v) is 2.32. The van der Waals surface area contributed by atoms with E-state index >= 15 is 0 Å². The van der Waals surface area contributed by atoms with E-state index in [1.807, 2.05) is 6.92 Å². The lowest BCUT2D eigenvalue weighted by molar-refractivity contribution is 0.584. The Labute approximate surface area is 116 Å². The average Bonchev–Trinajstić information content (AvgIpc) is 2.40. The normalized spacial score (nSPS) is 12.9. The van der Waals surface area contributed by atoms with Gasteiger partial charge < -0.3 is 5.32 Å². The molecule has 0 bridgehead atoms. The summed E-state index contributed by atoms with van der Waals surface area (Å²) in [5.41, 5.74) is 1.39. The predicted molar refractivity (Wildman–Crippen MR) is 74.0 cm³/mol. The number of aromatic nitrogens is 1. The minimum absolute atomic E-state index is 0.0564. The topological polar surface area (TPSA) is 85.1 Å². The van der Waals surface area contributed by atoms with Gasteiger partial charge in [0.05, 0.1) is 16.8 Å². The van der Waals surface area contributed by atoms with Crippen LogP contribution in [0.25, 0.3) is 0 Å². The molecule has 1 aromatic heterocycles. The van der Waals surface area contributed by atoms with Gasteiger partial charge in [-0.2, -0.15) is 4.39 Å². The summed E-state index contributed by atoms with van der Waals surface area (Å²) >= 11 is 0. The van der Waals surface area contributed by atoms with Crippen LogP contribution in [0.15, 0.2) is 47.5 Å². The molecule has 0 aliphatic heterocycles. The lowest BCUT2D eigenvalue weighted by Gasteiger charge is -2.16. The average molecular weight is 295 g/mol. The van der Waals surface area contributed by atoms with Crippen molar-refractivity contribution in [3.63, 3.8) is 0 Å². The first-order chi connectivity index (χ1) is 9.36. The van der Waals surface area contributed by atoms with Gasteiger partial charge in [0.15, 0.2) is 0 Å². The van der Waals surface area contributed by atoms with Gasteiger partial charge in [0.25, 0.3) is 0 Å². The first-order valence-electron chi connectivity index (χ1n) is 5.87. The van der Waals surface area contributed by atoms with Gasteiger partial charge >= 0.3 is 0 Å². The van der Waals surface area contributed by atoms with Crippen molar-refractivity contribution in [2.24, 2.45) is 5.14 Å². The Morgan fingerprint density at radius 3 is 2.65 bits per heavy atom. The number of hydrogen-bond acceptors (Lipinski definition) is 4. The van der Waals surface area contributed by atoms with Gasteiger partial charge in [-0.25, -0.2) is 18.5 Å². The van der Waals surface area contributed by atoms with E-state index in [1.54, 1.807) is 18.2 Å². The van der Waals surface area contributed by atoms with Crippen molar-refractivity contribution < 1.29 is 12.8 Å². The number of hydrogen-bond donors (Lipinski definition) is 2. The Morgan fingerprint density at radius 1 is 1.30 bits per heavy atom. The largest absolute Gasteiger partial charge is 0.377 e. The number of pyridine rings is 1. The zero-order valence-corrected chi connectivity index (χ0v) is 11.6.